The van der Waals surface area contributed by atoms with E-state index in [9.17, 15) is 0 Å². The van der Waals surface area contributed by atoms with Crippen LogP contribution >= 0.6 is 16.8 Å². The highest BCUT2D eigenvalue weighted by atomic mass is 31.1. The van der Waals surface area contributed by atoms with Crippen LogP contribution in [0.1, 0.15) is 32.6 Å². The van der Waals surface area contributed by atoms with Crippen molar-refractivity contribution >= 4 is 21.8 Å². The van der Waals surface area contributed by atoms with Gasteiger partial charge < -0.3 is 0 Å². The molecule has 12 heavy (non-hydrogen) atoms. The molecule has 1 unspecified atom stereocenters. The van der Waals surface area contributed by atoms with Gasteiger partial charge in [0.1, 0.15) is 0 Å². The predicted octanol–water partition coefficient (Wildman–Crippen LogP) is 4.29. The average molecular weight is 198 g/mol. The summed E-state index contributed by atoms with van der Waals surface area (Å²) in [5, 5.41) is 1.31. The van der Waals surface area contributed by atoms with Crippen LogP contribution in [0.5, 0.6) is 0 Å². The summed E-state index contributed by atoms with van der Waals surface area (Å²) in [5.41, 5.74) is 0. The Labute approximate surface area is 79.0 Å². The van der Waals surface area contributed by atoms with Crippen LogP contribution < -0.4 is 5.04 Å². The Morgan fingerprint density at radius 3 is 2.75 bits per heavy atom. The van der Waals surface area contributed by atoms with Crippen molar-refractivity contribution in [2.24, 2.45) is 0 Å². The van der Waals surface area contributed by atoms with Crippen LogP contribution in [0.2, 0.25) is 0 Å². The molecule has 0 saturated heterocycles. The monoisotopic (exact) mass is 198 g/mol. The van der Waals surface area contributed by atoms with Gasteiger partial charge in [0.25, 0.3) is 0 Å². The van der Waals surface area contributed by atoms with Gasteiger partial charge in [-0.15, -0.1) is 7.53 Å². The van der Waals surface area contributed by atoms with Crippen LogP contribution in [0.25, 0.3) is 0 Å². The molecule has 0 saturated carbocycles. The summed E-state index contributed by atoms with van der Waals surface area (Å²) in [6, 6.07) is 4.28. The molecule has 0 nitrogen and oxygen atoms in total. The van der Waals surface area contributed by atoms with Crippen LogP contribution in [-0.2, 0) is 6.16 Å². The highest BCUT2D eigenvalue weighted by Gasteiger charge is 1.96. The number of hydrogen-bond acceptors (Lipinski definition) is 0. The molecule has 1 atom stereocenters. The molecule has 1 rings (SSSR count). The summed E-state index contributed by atoms with van der Waals surface area (Å²) in [4.78, 5) is 0. The van der Waals surface area contributed by atoms with Gasteiger partial charge in [0.15, 0.2) is 0 Å². The fourth-order valence-corrected chi connectivity index (χ4v) is 3.56. The van der Waals surface area contributed by atoms with Gasteiger partial charge in [0, 0.05) is 5.04 Å². The fraction of sp³-hybridized carbons (Fsp3) is 0.600. The Bertz CT molecular complexity index is 215. The molecule has 0 aliphatic carbocycles. The average Bonchev–Trinajstić information content (AvgIpc) is 2.46. The molecule has 1 aromatic heterocycles. The lowest BCUT2D eigenvalue weighted by Crippen LogP contribution is -1.82. The third-order valence-electron chi connectivity index (χ3n) is 2.06. The molecule has 2 heteroatoms. The Hall–Kier alpha value is 0.210. The van der Waals surface area contributed by atoms with E-state index in [0.29, 0.717) is 0 Å². The molecule has 0 amide bonds. The molecular formula is C10H16P2. The van der Waals surface area contributed by atoms with Crippen molar-refractivity contribution < 1.29 is 0 Å². The van der Waals surface area contributed by atoms with E-state index in [1.807, 2.05) is 0 Å². The summed E-state index contributed by atoms with van der Waals surface area (Å²) >= 11 is 0. The lowest BCUT2D eigenvalue weighted by Gasteiger charge is -1.99. The van der Waals surface area contributed by atoms with E-state index in [4.69, 9.17) is 0 Å². The van der Waals surface area contributed by atoms with Gasteiger partial charge in [-0.3, -0.25) is 0 Å². The quantitative estimate of drug-likeness (QED) is 0.489. The second-order valence-corrected chi connectivity index (χ2v) is 6.12. The van der Waals surface area contributed by atoms with Crippen LogP contribution in [-0.4, -0.2) is 0 Å². The second kappa shape index (κ2) is 5.79. The number of unbranched alkanes of at least 4 members (excludes halogenated alkanes) is 3. The van der Waals surface area contributed by atoms with Crippen molar-refractivity contribution in [2.45, 2.75) is 38.8 Å². The van der Waals surface area contributed by atoms with Crippen molar-refractivity contribution in [3.63, 3.8) is 0 Å². The summed E-state index contributed by atoms with van der Waals surface area (Å²) in [6.45, 7) is 2.25. The van der Waals surface area contributed by atoms with Gasteiger partial charge in [-0.2, -0.15) is 0 Å². The van der Waals surface area contributed by atoms with Crippen molar-refractivity contribution in [1.82, 2.24) is 0 Å². The highest BCUT2D eigenvalue weighted by Crippen LogP contribution is 2.29. The minimum atomic E-state index is 0.0218. The lowest BCUT2D eigenvalue weighted by atomic mass is 10.2. The summed E-state index contributed by atoms with van der Waals surface area (Å²) < 4.78 is 0. The molecule has 0 N–H and O–H groups in total. The summed E-state index contributed by atoms with van der Waals surface area (Å²) in [5.74, 6) is 2.32. The number of hydrogen-bond donors (Lipinski definition) is 0. The van der Waals surface area contributed by atoms with E-state index in [0.717, 1.165) is 0 Å². The van der Waals surface area contributed by atoms with Crippen molar-refractivity contribution in [3.8, 4) is 0 Å². The molecule has 0 bridgehead atoms. The smallest absolute Gasteiger partial charge is 0.00528 e. The number of rotatable bonds is 5. The Balaban J connectivity index is 2.20. The first-order chi connectivity index (χ1) is 5.84. The highest BCUT2D eigenvalue weighted by molar-refractivity contribution is 7.63. The second-order valence-electron chi connectivity index (χ2n) is 3.12. The zero-order valence-electron chi connectivity index (χ0n) is 7.66. The third-order valence-corrected chi connectivity index (χ3v) is 5.05. The van der Waals surface area contributed by atoms with E-state index >= 15 is 0 Å². The van der Waals surface area contributed by atoms with Gasteiger partial charge >= 0.3 is 0 Å². The van der Waals surface area contributed by atoms with Gasteiger partial charge in [-0.25, -0.2) is 0 Å². The molecule has 0 spiro atoms. The van der Waals surface area contributed by atoms with Crippen molar-refractivity contribution in [1.29, 1.82) is 0 Å². The first-order valence-corrected chi connectivity index (χ1v) is 6.73. The molecule has 0 aliphatic heterocycles. The molecule has 1 heterocycles. The van der Waals surface area contributed by atoms with Gasteiger partial charge in [-0.05, 0) is 33.7 Å². The summed E-state index contributed by atoms with van der Waals surface area (Å²) in [6.07, 6.45) is 6.84. The van der Waals surface area contributed by atoms with Gasteiger partial charge in [0.05, 0.1) is 0 Å². The van der Waals surface area contributed by atoms with Crippen LogP contribution in [0.3, 0.4) is 0 Å². The number of aryl methyl sites for hydroxylation is 1. The maximum Gasteiger partial charge on any atom is 0.00528 e. The van der Waals surface area contributed by atoms with Crippen LogP contribution in [0.4, 0.5) is 0 Å². The van der Waals surface area contributed by atoms with Gasteiger partial charge in [0.2, 0.25) is 0 Å². The zero-order valence-corrected chi connectivity index (χ0v) is 9.45. The van der Waals surface area contributed by atoms with Gasteiger partial charge in [-0.1, -0.05) is 32.3 Å². The predicted molar refractivity (Wildman–Crippen MR) is 59.8 cm³/mol. The minimum absolute atomic E-state index is 0.0218. The van der Waals surface area contributed by atoms with E-state index in [1.165, 1.54) is 36.9 Å². The lowest BCUT2D eigenvalue weighted by molar-refractivity contribution is 0.690. The SMILES string of the molecule is CCCCCCp1cccc1[P]. The van der Waals surface area contributed by atoms with E-state index in [-0.39, 0.29) is 7.53 Å². The largest absolute Gasteiger partial charge is 0.116 e. The van der Waals surface area contributed by atoms with E-state index in [1.54, 1.807) is 0 Å². The minimum Gasteiger partial charge on any atom is -0.116 e. The molecule has 0 aromatic carbocycles. The molecule has 0 fully saturated rings. The third kappa shape index (κ3) is 3.30. The Morgan fingerprint density at radius 2 is 2.17 bits per heavy atom. The topological polar surface area (TPSA) is 0 Å². The summed E-state index contributed by atoms with van der Waals surface area (Å²) in [7, 11) is 4.46. The fourth-order valence-electron chi connectivity index (χ4n) is 1.30. The molecule has 1 aromatic rings. The first kappa shape index (κ1) is 10.3. The van der Waals surface area contributed by atoms with E-state index < -0.39 is 0 Å². The normalized spacial score (nSPS) is 12.0. The molecule has 0 aliphatic rings. The standard InChI is InChI=1S/C10H16P2/c1-2-3-4-5-8-12-9-6-7-10(12)11/h6-7,9H,2-5,8H2,1H3. The zero-order chi connectivity index (χ0) is 8.81. The maximum absolute atomic E-state index is 4.44. The van der Waals surface area contributed by atoms with Crippen molar-refractivity contribution in [3.05, 3.63) is 17.9 Å². The van der Waals surface area contributed by atoms with Crippen LogP contribution in [0, 0.1) is 0 Å². The van der Waals surface area contributed by atoms with Crippen molar-refractivity contribution in [2.75, 3.05) is 0 Å². The van der Waals surface area contributed by atoms with E-state index in [2.05, 4.69) is 34.1 Å². The molecule has 66 valence electrons. The maximum atomic E-state index is 4.44. The Morgan fingerprint density at radius 1 is 1.33 bits per heavy atom. The molecular weight excluding hydrogens is 182 g/mol. The molecule has 2 radical (unpaired) electrons. The van der Waals surface area contributed by atoms with Crippen LogP contribution in [0.15, 0.2) is 17.9 Å². The Kier molecular flexibility index (Phi) is 4.96. The first-order valence-electron chi connectivity index (χ1n) is 4.68.